The van der Waals surface area contributed by atoms with Gasteiger partial charge in [0, 0.05) is 0 Å². The Morgan fingerprint density at radius 3 is 2.65 bits per heavy atom. The Labute approximate surface area is 106 Å². The van der Waals surface area contributed by atoms with Gasteiger partial charge >= 0.3 is 0 Å². The lowest BCUT2D eigenvalue weighted by atomic mass is 10.2. The highest BCUT2D eigenvalue weighted by Crippen LogP contribution is 2.25. The van der Waals surface area contributed by atoms with Crippen molar-refractivity contribution in [3.05, 3.63) is 52.4 Å². The molecule has 0 saturated carbocycles. The van der Waals surface area contributed by atoms with Crippen LogP contribution in [0.15, 0.2) is 39.4 Å². The van der Waals surface area contributed by atoms with E-state index in [0.29, 0.717) is 10.4 Å². The second kappa shape index (κ2) is 4.87. The summed E-state index contributed by atoms with van der Waals surface area (Å²) >= 11 is 3.18. The maximum atomic E-state index is 13.4. The highest BCUT2D eigenvalue weighted by molar-refractivity contribution is 9.10. The van der Waals surface area contributed by atoms with Crippen LogP contribution in [0.5, 0.6) is 0 Å². The van der Waals surface area contributed by atoms with Crippen molar-refractivity contribution in [2.45, 2.75) is 13.0 Å². The third kappa shape index (κ3) is 2.66. The summed E-state index contributed by atoms with van der Waals surface area (Å²) in [6, 6.07) is 7.26. The molecule has 5 heteroatoms. The molecule has 1 aromatic carbocycles. The minimum Gasteiger partial charge on any atom is -0.452 e. The predicted molar refractivity (Wildman–Crippen MR) is 64.8 cm³/mol. The van der Waals surface area contributed by atoms with Gasteiger partial charge in [0.2, 0.25) is 0 Å². The fourth-order valence-electron chi connectivity index (χ4n) is 1.48. The fraction of sp³-hybridized carbons (Fsp3) is 0.167. The van der Waals surface area contributed by atoms with Crippen molar-refractivity contribution in [3.8, 4) is 0 Å². The second-order valence-corrected chi connectivity index (χ2v) is 4.39. The molecule has 1 heterocycles. The highest BCUT2D eigenvalue weighted by atomic mass is 79.9. The lowest BCUT2D eigenvalue weighted by Crippen LogP contribution is -2.07. The van der Waals surface area contributed by atoms with E-state index >= 15 is 0 Å². The molecule has 1 atom stereocenters. The summed E-state index contributed by atoms with van der Waals surface area (Å²) in [6.07, 6.45) is 0. The van der Waals surface area contributed by atoms with E-state index < -0.39 is 11.6 Å². The molecule has 17 heavy (non-hydrogen) atoms. The fourth-order valence-corrected chi connectivity index (χ4v) is 1.80. The highest BCUT2D eigenvalue weighted by Gasteiger charge is 2.13. The molecular formula is C12H10BrF2NO. The monoisotopic (exact) mass is 301 g/mol. The van der Waals surface area contributed by atoms with Gasteiger partial charge in [0.05, 0.1) is 11.7 Å². The van der Waals surface area contributed by atoms with Crippen molar-refractivity contribution in [2.75, 3.05) is 5.32 Å². The lowest BCUT2D eigenvalue weighted by molar-refractivity contribution is 0.468. The van der Waals surface area contributed by atoms with E-state index in [1.807, 2.05) is 0 Å². The topological polar surface area (TPSA) is 25.2 Å². The van der Waals surface area contributed by atoms with Crippen molar-refractivity contribution in [2.24, 2.45) is 0 Å². The third-order valence-electron chi connectivity index (χ3n) is 2.34. The van der Waals surface area contributed by atoms with Crippen molar-refractivity contribution < 1.29 is 13.2 Å². The zero-order valence-electron chi connectivity index (χ0n) is 9.01. The number of hydrogen-bond donors (Lipinski definition) is 1. The smallest absolute Gasteiger partial charge is 0.181 e. The van der Waals surface area contributed by atoms with Crippen LogP contribution >= 0.6 is 15.9 Å². The van der Waals surface area contributed by atoms with Crippen molar-refractivity contribution >= 4 is 21.6 Å². The zero-order valence-corrected chi connectivity index (χ0v) is 10.6. The number of rotatable bonds is 3. The van der Waals surface area contributed by atoms with Gasteiger partial charge in [0.1, 0.15) is 5.76 Å². The molecule has 0 aliphatic rings. The summed E-state index contributed by atoms with van der Waals surface area (Å²) in [5.74, 6) is -1.12. The summed E-state index contributed by atoms with van der Waals surface area (Å²) in [5.41, 5.74) is 0.116. The van der Waals surface area contributed by atoms with Gasteiger partial charge in [-0.2, -0.15) is 0 Å². The number of anilines is 1. The third-order valence-corrected chi connectivity index (χ3v) is 2.77. The van der Waals surface area contributed by atoms with E-state index in [1.165, 1.54) is 12.1 Å². The van der Waals surface area contributed by atoms with Crippen LogP contribution < -0.4 is 5.32 Å². The summed E-state index contributed by atoms with van der Waals surface area (Å²) in [6.45, 7) is 1.80. The van der Waals surface area contributed by atoms with E-state index in [1.54, 1.807) is 19.1 Å². The molecule has 0 amide bonds. The second-order valence-electron chi connectivity index (χ2n) is 3.61. The average Bonchev–Trinajstić information content (AvgIpc) is 2.72. The first kappa shape index (κ1) is 12.1. The van der Waals surface area contributed by atoms with Gasteiger partial charge in [-0.25, -0.2) is 8.78 Å². The number of furan rings is 1. The molecule has 0 bridgehead atoms. The largest absolute Gasteiger partial charge is 0.452 e. The quantitative estimate of drug-likeness (QED) is 0.903. The van der Waals surface area contributed by atoms with Crippen LogP contribution in [-0.2, 0) is 0 Å². The molecule has 0 spiro atoms. The van der Waals surface area contributed by atoms with E-state index in [0.717, 1.165) is 6.07 Å². The van der Waals surface area contributed by atoms with Crippen LogP contribution in [0.25, 0.3) is 0 Å². The molecule has 1 aromatic heterocycles. The van der Waals surface area contributed by atoms with Gasteiger partial charge < -0.3 is 9.73 Å². The molecule has 2 rings (SSSR count). The maximum absolute atomic E-state index is 13.4. The molecule has 0 radical (unpaired) electrons. The Kier molecular flexibility index (Phi) is 3.47. The molecular weight excluding hydrogens is 292 g/mol. The minimum absolute atomic E-state index is 0.116. The van der Waals surface area contributed by atoms with Crippen molar-refractivity contribution in [1.29, 1.82) is 0 Å². The zero-order chi connectivity index (χ0) is 12.4. The molecule has 90 valence electrons. The summed E-state index contributed by atoms with van der Waals surface area (Å²) in [4.78, 5) is 0. The van der Waals surface area contributed by atoms with Crippen LogP contribution in [0, 0.1) is 11.6 Å². The van der Waals surface area contributed by atoms with E-state index in [9.17, 15) is 8.78 Å². The normalized spacial score (nSPS) is 12.5. The molecule has 0 fully saturated rings. The summed E-state index contributed by atoms with van der Waals surface area (Å²) in [5, 5.41) is 2.85. The van der Waals surface area contributed by atoms with Gasteiger partial charge in [0.15, 0.2) is 16.3 Å². The van der Waals surface area contributed by atoms with Gasteiger partial charge in [-0.3, -0.25) is 0 Å². The SMILES string of the molecule is CC(Nc1cccc(F)c1F)c1ccc(Br)o1. The lowest BCUT2D eigenvalue weighted by Gasteiger charge is -2.13. The predicted octanol–water partition coefficient (Wildman–Crippen LogP) is 4.49. The number of halogens is 3. The molecule has 0 saturated heterocycles. The van der Waals surface area contributed by atoms with Gasteiger partial charge in [0.25, 0.3) is 0 Å². The standard InChI is InChI=1S/C12H10BrF2NO/c1-7(10-5-6-11(13)17-10)16-9-4-2-3-8(14)12(9)15/h2-7,16H,1H3. The molecule has 2 aromatic rings. The first-order chi connectivity index (χ1) is 8.08. The Morgan fingerprint density at radius 1 is 1.24 bits per heavy atom. The molecule has 1 N–H and O–H groups in total. The molecule has 2 nitrogen and oxygen atoms in total. The first-order valence-electron chi connectivity index (χ1n) is 5.03. The van der Waals surface area contributed by atoms with Crippen molar-refractivity contribution in [3.63, 3.8) is 0 Å². The Bertz CT molecular complexity index is 527. The van der Waals surface area contributed by atoms with Crippen molar-refractivity contribution in [1.82, 2.24) is 0 Å². The van der Waals surface area contributed by atoms with Gasteiger partial charge in [-0.1, -0.05) is 6.07 Å². The summed E-state index contributed by atoms with van der Waals surface area (Å²) < 4.78 is 32.3. The van der Waals surface area contributed by atoms with E-state index in [4.69, 9.17) is 4.42 Å². The first-order valence-corrected chi connectivity index (χ1v) is 5.83. The molecule has 1 unspecified atom stereocenters. The van der Waals surface area contributed by atoms with Gasteiger partial charge in [-0.05, 0) is 47.1 Å². The van der Waals surface area contributed by atoms with Gasteiger partial charge in [-0.15, -0.1) is 0 Å². The maximum Gasteiger partial charge on any atom is 0.181 e. The Morgan fingerprint density at radius 2 is 2.00 bits per heavy atom. The number of benzene rings is 1. The molecule has 0 aliphatic carbocycles. The Balaban J connectivity index is 2.18. The van der Waals surface area contributed by atoms with Crippen LogP contribution in [0.1, 0.15) is 18.7 Å². The minimum atomic E-state index is -0.884. The number of hydrogen-bond acceptors (Lipinski definition) is 2. The average molecular weight is 302 g/mol. The van der Waals surface area contributed by atoms with E-state index in [-0.39, 0.29) is 11.7 Å². The Hall–Kier alpha value is -1.36. The van der Waals surface area contributed by atoms with Crippen LogP contribution in [0.3, 0.4) is 0 Å². The van der Waals surface area contributed by atoms with Crippen LogP contribution in [0.2, 0.25) is 0 Å². The van der Waals surface area contributed by atoms with E-state index in [2.05, 4.69) is 21.2 Å². The van der Waals surface area contributed by atoms with Crippen LogP contribution in [0.4, 0.5) is 14.5 Å². The van der Waals surface area contributed by atoms with Crippen LogP contribution in [-0.4, -0.2) is 0 Å². The number of nitrogens with one attached hydrogen (secondary N) is 1. The molecule has 0 aliphatic heterocycles. The summed E-state index contributed by atoms with van der Waals surface area (Å²) in [7, 11) is 0.